The van der Waals surface area contributed by atoms with Gasteiger partial charge in [0.25, 0.3) is 0 Å². The van der Waals surface area contributed by atoms with Crippen molar-refractivity contribution in [1.82, 2.24) is 19.7 Å². The zero-order chi connectivity index (χ0) is 17.6. The number of rotatable bonds is 5. The average Bonchev–Trinajstić information content (AvgIpc) is 3.02. The first-order valence-corrected chi connectivity index (χ1v) is 8.39. The average molecular weight is 350 g/mol. The van der Waals surface area contributed by atoms with Gasteiger partial charge in [0.2, 0.25) is 5.91 Å². The third-order valence-corrected chi connectivity index (χ3v) is 4.43. The topological polar surface area (TPSA) is 96.5 Å². The van der Waals surface area contributed by atoms with Gasteiger partial charge in [-0.15, -0.1) is 10.2 Å². The van der Waals surface area contributed by atoms with Crippen molar-refractivity contribution in [1.29, 1.82) is 5.26 Å². The van der Waals surface area contributed by atoms with Crippen molar-refractivity contribution < 1.29 is 4.79 Å². The van der Waals surface area contributed by atoms with Crippen LogP contribution in [0.25, 0.3) is 11.4 Å². The molecule has 8 heteroatoms. The van der Waals surface area contributed by atoms with Crippen molar-refractivity contribution in [2.24, 2.45) is 7.05 Å². The summed E-state index contributed by atoms with van der Waals surface area (Å²) in [6.07, 6.45) is 3.41. The van der Waals surface area contributed by atoms with E-state index in [9.17, 15) is 4.79 Å². The highest BCUT2D eigenvalue weighted by Crippen LogP contribution is 2.22. The van der Waals surface area contributed by atoms with Crippen LogP contribution in [0.1, 0.15) is 5.56 Å². The Hall–Kier alpha value is -3.18. The number of benzene rings is 1. The van der Waals surface area contributed by atoms with Crippen LogP contribution >= 0.6 is 11.8 Å². The van der Waals surface area contributed by atoms with E-state index in [1.165, 1.54) is 11.8 Å². The molecular weight excluding hydrogens is 336 g/mol. The SMILES string of the molecule is Cn1c(SCC(=O)Nc2ccccc2C#N)nnc1-c1cccnc1. The van der Waals surface area contributed by atoms with Gasteiger partial charge in [0.1, 0.15) is 6.07 Å². The third-order valence-electron chi connectivity index (χ3n) is 3.41. The summed E-state index contributed by atoms with van der Waals surface area (Å²) in [5.74, 6) is 0.642. The number of anilines is 1. The van der Waals surface area contributed by atoms with E-state index in [-0.39, 0.29) is 11.7 Å². The number of nitrogens with zero attached hydrogens (tertiary/aromatic N) is 5. The maximum absolute atomic E-state index is 12.1. The Morgan fingerprint density at radius 2 is 2.12 bits per heavy atom. The van der Waals surface area contributed by atoms with Crippen LogP contribution < -0.4 is 5.32 Å². The number of para-hydroxylation sites is 1. The third kappa shape index (κ3) is 3.84. The Morgan fingerprint density at radius 1 is 1.28 bits per heavy atom. The largest absolute Gasteiger partial charge is 0.324 e. The fraction of sp³-hybridized carbons (Fsp3) is 0.118. The van der Waals surface area contributed by atoms with Crippen molar-refractivity contribution in [2.45, 2.75) is 5.16 Å². The van der Waals surface area contributed by atoms with Crippen LogP contribution in [0.3, 0.4) is 0 Å². The van der Waals surface area contributed by atoms with E-state index in [1.54, 1.807) is 36.7 Å². The molecule has 1 aromatic carbocycles. The van der Waals surface area contributed by atoms with Gasteiger partial charge in [-0.25, -0.2) is 0 Å². The summed E-state index contributed by atoms with van der Waals surface area (Å²) in [5, 5.41) is 20.7. The number of amides is 1. The zero-order valence-corrected chi connectivity index (χ0v) is 14.2. The molecule has 1 N–H and O–H groups in total. The van der Waals surface area contributed by atoms with E-state index in [4.69, 9.17) is 5.26 Å². The molecule has 0 aliphatic heterocycles. The Bertz CT molecular complexity index is 932. The molecule has 0 spiro atoms. The molecule has 1 amide bonds. The predicted molar refractivity (Wildman–Crippen MR) is 94.7 cm³/mol. The van der Waals surface area contributed by atoms with Crippen LogP contribution in [-0.4, -0.2) is 31.4 Å². The van der Waals surface area contributed by atoms with Crippen LogP contribution in [0.2, 0.25) is 0 Å². The summed E-state index contributed by atoms with van der Waals surface area (Å²) in [6, 6.07) is 12.7. The second kappa shape index (κ2) is 7.59. The van der Waals surface area contributed by atoms with Crippen LogP contribution in [0.5, 0.6) is 0 Å². The summed E-state index contributed by atoms with van der Waals surface area (Å²) in [5.41, 5.74) is 1.79. The maximum Gasteiger partial charge on any atom is 0.234 e. The van der Waals surface area contributed by atoms with Crippen molar-refractivity contribution >= 4 is 23.4 Å². The monoisotopic (exact) mass is 350 g/mol. The van der Waals surface area contributed by atoms with E-state index >= 15 is 0 Å². The number of nitriles is 1. The summed E-state index contributed by atoms with van der Waals surface area (Å²) in [7, 11) is 1.84. The first kappa shape index (κ1) is 16.7. The van der Waals surface area contributed by atoms with Gasteiger partial charge in [0.05, 0.1) is 17.0 Å². The lowest BCUT2D eigenvalue weighted by Crippen LogP contribution is -2.15. The summed E-state index contributed by atoms with van der Waals surface area (Å²) in [6.45, 7) is 0. The first-order valence-electron chi connectivity index (χ1n) is 7.40. The Morgan fingerprint density at radius 3 is 2.88 bits per heavy atom. The first-order chi connectivity index (χ1) is 12.2. The fourth-order valence-electron chi connectivity index (χ4n) is 2.19. The van der Waals surface area contributed by atoms with E-state index in [2.05, 4.69) is 26.6 Å². The second-order valence-corrected chi connectivity index (χ2v) is 6.04. The molecule has 124 valence electrons. The quantitative estimate of drug-likeness (QED) is 0.710. The molecule has 3 rings (SSSR count). The molecule has 0 aliphatic carbocycles. The molecule has 25 heavy (non-hydrogen) atoms. The van der Waals surface area contributed by atoms with Crippen LogP contribution in [0, 0.1) is 11.3 Å². The molecular formula is C17H14N6OS. The van der Waals surface area contributed by atoms with Gasteiger partial charge >= 0.3 is 0 Å². The molecule has 0 bridgehead atoms. The highest BCUT2D eigenvalue weighted by atomic mass is 32.2. The van der Waals surface area contributed by atoms with Crippen molar-refractivity contribution in [3.05, 3.63) is 54.4 Å². The molecule has 2 heterocycles. The summed E-state index contributed by atoms with van der Waals surface area (Å²) in [4.78, 5) is 16.2. The molecule has 0 saturated carbocycles. The Kier molecular flexibility index (Phi) is 5.06. The van der Waals surface area contributed by atoms with Gasteiger partial charge in [0.15, 0.2) is 11.0 Å². The molecule has 7 nitrogen and oxygen atoms in total. The van der Waals surface area contributed by atoms with Crippen LogP contribution in [0.15, 0.2) is 53.9 Å². The molecule has 0 unspecified atom stereocenters. The minimum atomic E-state index is -0.210. The maximum atomic E-state index is 12.1. The number of aromatic nitrogens is 4. The lowest BCUT2D eigenvalue weighted by atomic mass is 10.2. The van der Waals surface area contributed by atoms with Gasteiger partial charge in [-0.3, -0.25) is 9.78 Å². The summed E-state index contributed by atoms with van der Waals surface area (Å²) < 4.78 is 1.82. The fourth-order valence-corrected chi connectivity index (χ4v) is 2.90. The van der Waals surface area contributed by atoms with Gasteiger partial charge in [-0.1, -0.05) is 23.9 Å². The number of thioether (sulfide) groups is 1. The molecule has 2 aromatic heterocycles. The zero-order valence-electron chi connectivity index (χ0n) is 13.4. The number of hydrogen-bond donors (Lipinski definition) is 1. The highest BCUT2D eigenvalue weighted by Gasteiger charge is 2.13. The normalized spacial score (nSPS) is 10.2. The number of pyridine rings is 1. The van der Waals surface area contributed by atoms with Gasteiger partial charge in [-0.05, 0) is 24.3 Å². The molecule has 3 aromatic rings. The van der Waals surface area contributed by atoms with Crippen LogP contribution in [-0.2, 0) is 11.8 Å². The molecule has 0 atom stereocenters. The van der Waals surface area contributed by atoms with E-state index in [0.717, 1.165) is 5.56 Å². The van der Waals surface area contributed by atoms with Crippen LogP contribution in [0.4, 0.5) is 5.69 Å². The number of hydrogen-bond acceptors (Lipinski definition) is 6. The summed E-state index contributed by atoms with van der Waals surface area (Å²) >= 11 is 1.28. The Balaban J connectivity index is 1.65. The molecule has 0 saturated heterocycles. The standard InChI is InChI=1S/C17H14N6OS/c1-23-16(13-6-4-8-19-10-13)21-22-17(23)25-11-15(24)20-14-7-3-2-5-12(14)9-18/h2-8,10H,11H2,1H3,(H,20,24). The van der Waals surface area contributed by atoms with Crippen molar-refractivity contribution in [2.75, 3.05) is 11.1 Å². The minimum Gasteiger partial charge on any atom is -0.324 e. The van der Waals surface area contributed by atoms with Crippen molar-refractivity contribution in [3.63, 3.8) is 0 Å². The van der Waals surface area contributed by atoms with Crippen molar-refractivity contribution in [3.8, 4) is 17.5 Å². The minimum absolute atomic E-state index is 0.165. The van der Waals surface area contributed by atoms with E-state index in [0.29, 0.717) is 22.2 Å². The smallest absolute Gasteiger partial charge is 0.234 e. The Labute approximate surface area is 148 Å². The lowest BCUT2D eigenvalue weighted by molar-refractivity contribution is -0.113. The number of nitrogens with one attached hydrogen (secondary N) is 1. The predicted octanol–water partition coefficient (Wildman–Crippen LogP) is 2.48. The second-order valence-electron chi connectivity index (χ2n) is 5.10. The van der Waals surface area contributed by atoms with Gasteiger partial charge < -0.3 is 9.88 Å². The van der Waals surface area contributed by atoms with Gasteiger partial charge in [0, 0.05) is 25.0 Å². The molecule has 0 radical (unpaired) electrons. The van der Waals surface area contributed by atoms with Gasteiger partial charge in [-0.2, -0.15) is 5.26 Å². The number of carbonyl (C=O) groups is 1. The lowest BCUT2D eigenvalue weighted by Gasteiger charge is -2.06. The van der Waals surface area contributed by atoms with E-state index in [1.807, 2.05) is 23.7 Å². The molecule has 0 fully saturated rings. The van der Waals surface area contributed by atoms with E-state index < -0.39 is 0 Å². The highest BCUT2D eigenvalue weighted by molar-refractivity contribution is 7.99. The molecule has 0 aliphatic rings. The number of carbonyl (C=O) groups excluding carboxylic acids is 1.